The van der Waals surface area contributed by atoms with E-state index >= 15 is 0 Å². The quantitative estimate of drug-likeness (QED) is 0.558. The van der Waals surface area contributed by atoms with Crippen molar-refractivity contribution in [2.75, 3.05) is 0 Å². The van der Waals surface area contributed by atoms with Crippen LogP contribution in [0.25, 0.3) is 0 Å². The molecule has 0 aromatic heterocycles. The van der Waals surface area contributed by atoms with Gasteiger partial charge in [-0.05, 0) is 6.07 Å². The molecular weight excluding hydrogens is 164 g/mol. The van der Waals surface area contributed by atoms with Crippen molar-refractivity contribution in [3.63, 3.8) is 0 Å². The first-order valence-electron chi connectivity index (χ1n) is 3.55. The molecule has 0 nitrogen and oxygen atoms in total. The Morgan fingerprint density at radius 3 is 2.33 bits per heavy atom. The zero-order chi connectivity index (χ0) is 9.35. The summed E-state index contributed by atoms with van der Waals surface area (Å²) < 4.78 is 38.1. The summed E-state index contributed by atoms with van der Waals surface area (Å²) in [5, 5.41) is 0. The van der Waals surface area contributed by atoms with E-state index in [4.69, 9.17) is 0 Å². The molecule has 1 aromatic carbocycles. The van der Waals surface area contributed by atoms with Crippen LogP contribution in [0, 0.1) is 5.82 Å². The fraction of sp³-hybridized carbons (Fsp3) is 0.250. The van der Waals surface area contributed by atoms with Crippen LogP contribution in [0.1, 0.15) is 12.5 Å². The van der Waals surface area contributed by atoms with Gasteiger partial charge in [0.25, 0.3) is 5.92 Å². The van der Waals surface area contributed by atoms with Crippen LogP contribution in [-0.2, 0) is 5.92 Å². The van der Waals surface area contributed by atoms with Crippen LogP contribution < -0.4 is 5.46 Å². The molecular formula is C8H8BF3. The van der Waals surface area contributed by atoms with Crippen LogP contribution >= 0.6 is 0 Å². The summed E-state index contributed by atoms with van der Waals surface area (Å²) in [4.78, 5) is 0. The predicted octanol–water partition coefficient (Wildman–Crippen LogP) is 1.20. The van der Waals surface area contributed by atoms with E-state index in [9.17, 15) is 13.2 Å². The van der Waals surface area contributed by atoms with Crippen LogP contribution in [0.3, 0.4) is 0 Å². The third-order valence-electron chi connectivity index (χ3n) is 1.59. The lowest BCUT2D eigenvalue weighted by Gasteiger charge is -2.11. The lowest BCUT2D eigenvalue weighted by atomic mass is 9.93. The van der Waals surface area contributed by atoms with Gasteiger partial charge in [-0.2, -0.15) is 0 Å². The van der Waals surface area contributed by atoms with E-state index in [2.05, 4.69) is 0 Å². The van der Waals surface area contributed by atoms with Crippen LogP contribution in [0.2, 0.25) is 0 Å². The minimum atomic E-state index is -3.10. The second-order valence-corrected chi connectivity index (χ2v) is 2.87. The first kappa shape index (κ1) is 9.17. The van der Waals surface area contributed by atoms with Crippen LogP contribution in [0.15, 0.2) is 18.2 Å². The Kier molecular flexibility index (Phi) is 2.17. The molecule has 0 spiro atoms. The molecule has 0 saturated heterocycles. The average Bonchev–Trinajstić information content (AvgIpc) is 1.92. The lowest BCUT2D eigenvalue weighted by Crippen LogP contribution is -2.14. The predicted molar refractivity (Wildman–Crippen MR) is 44.1 cm³/mol. The number of alkyl halides is 2. The molecule has 0 amide bonds. The van der Waals surface area contributed by atoms with Gasteiger partial charge in [0.2, 0.25) is 0 Å². The Labute approximate surface area is 69.8 Å². The smallest absolute Gasteiger partial charge is 0.206 e. The summed E-state index contributed by atoms with van der Waals surface area (Å²) >= 11 is 0. The fourth-order valence-electron chi connectivity index (χ4n) is 0.976. The van der Waals surface area contributed by atoms with E-state index < -0.39 is 17.3 Å². The molecule has 0 heterocycles. The highest BCUT2D eigenvalue weighted by Crippen LogP contribution is 2.27. The molecule has 12 heavy (non-hydrogen) atoms. The van der Waals surface area contributed by atoms with Crippen LogP contribution in [0.5, 0.6) is 0 Å². The molecule has 64 valence electrons. The first-order valence-corrected chi connectivity index (χ1v) is 3.55. The maximum atomic E-state index is 12.8. The van der Waals surface area contributed by atoms with E-state index in [1.54, 1.807) is 7.85 Å². The van der Waals surface area contributed by atoms with Gasteiger partial charge in [-0.3, -0.25) is 0 Å². The van der Waals surface area contributed by atoms with Crippen molar-refractivity contribution in [1.29, 1.82) is 0 Å². The van der Waals surface area contributed by atoms with Gasteiger partial charge in [-0.25, -0.2) is 13.2 Å². The van der Waals surface area contributed by atoms with E-state index in [0.717, 1.165) is 12.1 Å². The summed E-state index contributed by atoms with van der Waals surface area (Å²) in [5.41, 5.74) is 0.0930. The molecule has 4 heteroatoms. The topological polar surface area (TPSA) is 0 Å². The standard InChI is InChI=1S/C8H8BF3/c1-8(11,12)6-4-5(9)2-3-7(6)10/h2-4H,9H2,1H3. The number of benzene rings is 1. The second-order valence-electron chi connectivity index (χ2n) is 2.87. The Morgan fingerprint density at radius 1 is 1.33 bits per heavy atom. The number of halogens is 3. The van der Waals surface area contributed by atoms with Crippen molar-refractivity contribution in [3.8, 4) is 0 Å². The Bertz CT molecular complexity index is 291. The molecule has 0 aliphatic heterocycles. The highest BCUT2D eigenvalue weighted by atomic mass is 19.3. The third kappa shape index (κ3) is 1.81. The molecule has 0 bridgehead atoms. The van der Waals surface area contributed by atoms with Crippen molar-refractivity contribution >= 4 is 13.3 Å². The largest absolute Gasteiger partial charge is 0.273 e. The maximum absolute atomic E-state index is 12.8. The molecule has 1 aromatic rings. The van der Waals surface area contributed by atoms with Crippen molar-refractivity contribution in [2.24, 2.45) is 0 Å². The van der Waals surface area contributed by atoms with Gasteiger partial charge in [0, 0.05) is 6.92 Å². The summed E-state index contributed by atoms with van der Waals surface area (Å²) in [6.45, 7) is 0.685. The Hall–Kier alpha value is -0.925. The summed E-state index contributed by atoms with van der Waals surface area (Å²) in [7, 11) is 1.65. The van der Waals surface area contributed by atoms with E-state index in [-0.39, 0.29) is 0 Å². The molecule has 0 unspecified atom stereocenters. The van der Waals surface area contributed by atoms with Gasteiger partial charge in [0.15, 0.2) is 0 Å². The van der Waals surface area contributed by atoms with Gasteiger partial charge < -0.3 is 0 Å². The van der Waals surface area contributed by atoms with Crippen molar-refractivity contribution < 1.29 is 13.2 Å². The SMILES string of the molecule is Bc1ccc(F)c(C(C)(F)F)c1. The van der Waals surface area contributed by atoms with E-state index in [1.807, 2.05) is 0 Å². The zero-order valence-corrected chi connectivity index (χ0v) is 6.87. The van der Waals surface area contributed by atoms with Crippen LogP contribution in [-0.4, -0.2) is 7.85 Å². The Balaban J connectivity index is 3.23. The fourth-order valence-corrected chi connectivity index (χ4v) is 0.976. The minimum Gasteiger partial charge on any atom is -0.206 e. The third-order valence-corrected chi connectivity index (χ3v) is 1.59. The van der Waals surface area contributed by atoms with Gasteiger partial charge in [0.05, 0.1) is 5.56 Å². The first-order chi connectivity index (χ1) is 5.41. The normalized spacial score (nSPS) is 11.7. The highest BCUT2D eigenvalue weighted by molar-refractivity contribution is 6.32. The molecule has 0 atom stereocenters. The molecule has 0 saturated carbocycles. The second kappa shape index (κ2) is 2.85. The Morgan fingerprint density at radius 2 is 1.92 bits per heavy atom. The molecule has 0 aliphatic rings. The van der Waals surface area contributed by atoms with Gasteiger partial charge in [-0.15, -0.1) is 0 Å². The number of hydrogen-bond donors (Lipinski definition) is 0. The average molecular weight is 172 g/mol. The molecule has 0 N–H and O–H groups in total. The van der Waals surface area contributed by atoms with Crippen molar-refractivity contribution in [3.05, 3.63) is 29.6 Å². The molecule has 1 rings (SSSR count). The monoisotopic (exact) mass is 172 g/mol. The lowest BCUT2D eigenvalue weighted by molar-refractivity contribution is 0.0138. The summed E-state index contributed by atoms with van der Waals surface area (Å²) in [6, 6.07) is 3.68. The highest BCUT2D eigenvalue weighted by Gasteiger charge is 2.27. The summed E-state index contributed by atoms with van der Waals surface area (Å²) in [6.07, 6.45) is 0. The van der Waals surface area contributed by atoms with Crippen molar-refractivity contribution in [1.82, 2.24) is 0 Å². The molecule has 0 aliphatic carbocycles. The van der Waals surface area contributed by atoms with Crippen LogP contribution in [0.4, 0.5) is 13.2 Å². The van der Waals surface area contributed by atoms with Gasteiger partial charge in [-0.1, -0.05) is 17.6 Å². The maximum Gasteiger partial charge on any atom is 0.273 e. The molecule has 0 fully saturated rings. The van der Waals surface area contributed by atoms with Crippen molar-refractivity contribution in [2.45, 2.75) is 12.8 Å². The van der Waals surface area contributed by atoms with E-state index in [0.29, 0.717) is 12.4 Å². The van der Waals surface area contributed by atoms with Gasteiger partial charge in [0.1, 0.15) is 13.7 Å². The number of rotatable bonds is 1. The van der Waals surface area contributed by atoms with E-state index in [1.165, 1.54) is 6.07 Å². The molecule has 0 radical (unpaired) electrons. The zero-order valence-electron chi connectivity index (χ0n) is 6.87. The van der Waals surface area contributed by atoms with Gasteiger partial charge >= 0.3 is 0 Å². The number of hydrogen-bond acceptors (Lipinski definition) is 0. The summed E-state index contributed by atoms with van der Waals surface area (Å²) in [5.74, 6) is -3.95. The minimum absolute atomic E-state index is 0.539.